The number of alkyl halides is 3. The van der Waals surface area contributed by atoms with Gasteiger partial charge in [-0.1, -0.05) is 29.4 Å². The lowest BCUT2D eigenvalue weighted by molar-refractivity contribution is -0.137. The molecule has 170 valence electrons. The van der Waals surface area contributed by atoms with Crippen molar-refractivity contribution in [2.45, 2.75) is 25.2 Å². The SMILES string of the molecule is O=C(c1cccc(F)c1)N(Cc1ccc(C(F)(F)F)cc1)CC1CC(c2ccccn2)=NO1. The fourth-order valence-electron chi connectivity index (χ4n) is 3.50. The summed E-state index contributed by atoms with van der Waals surface area (Å²) in [5.74, 6) is -1.03. The van der Waals surface area contributed by atoms with Crippen LogP contribution in [0.4, 0.5) is 17.6 Å². The van der Waals surface area contributed by atoms with Crippen molar-refractivity contribution in [3.63, 3.8) is 0 Å². The van der Waals surface area contributed by atoms with Crippen LogP contribution >= 0.6 is 0 Å². The van der Waals surface area contributed by atoms with Crippen LogP contribution in [0.2, 0.25) is 0 Å². The molecule has 0 saturated carbocycles. The van der Waals surface area contributed by atoms with Crippen molar-refractivity contribution in [2.75, 3.05) is 6.54 Å². The van der Waals surface area contributed by atoms with E-state index in [1.165, 1.54) is 35.2 Å². The maximum atomic E-state index is 13.7. The zero-order chi connectivity index (χ0) is 23.4. The Morgan fingerprint density at radius 1 is 1.06 bits per heavy atom. The molecule has 0 saturated heterocycles. The molecule has 0 radical (unpaired) electrons. The molecule has 9 heteroatoms. The number of carbonyl (C=O) groups is 1. The van der Waals surface area contributed by atoms with Gasteiger partial charge in [-0.25, -0.2) is 4.39 Å². The topological polar surface area (TPSA) is 54.8 Å². The van der Waals surface area contributed by atoms with Crippen LogP contribution in [-0.2, 0) is 17.6 Å². The first-order chi connectivity index (χ1) is 15.8. The Kier molecular flexibility index (Phi) is 6.39. The van der Waals surface area contributed by atoms with E-state index < -0.39 is 29.6 Å². The lowest BCUT2D eigenvalue weighted by atomic mass is 10.1. The molecule has 2 aromatic carbocycles. The van der Waals surface area contributed by atoms with Gasteiger partial charge in [-0.05, 0) is 48.0 Å². The summed E-state index contributed by atoms with van der Waals surface area (Å²) in [7, 11) is 0. The highest BCUT2D eigenvalue weighted by Gasteiger charge is 2.31. The highest BCUT2D eigenvalue weighted by Crippen LogP contribution is 2.29. The largest absolute Gasteiger partial charge is 0.416 e. The average molecular weight is 457 g/mol. The predicted molar refractivity (Wildman–Crippen MR) is 113 cm³/mol. The summed E-state index contributed by atoms with van der Waals surface area (Å²) in [5, 5.41) is 4.06. The van der Waals surface area contributed by atoms with E-state index in [0.717, 1.165) is 18.2 Å². The molecule has 1 atom stereocenters. The third-order valence-electron chi connectivity index (χ3n) is 5.13. The number of hydrogen-bond donors (Lipinski definition) is 0. The first kappa shape index (κ1) is 22.4. The Labute approximate surface area is 187 Å². The minimum atomic E-state index is -4.45. The van der Waals surface area contributed by atoms with Crippen LogP contribution in [0, 0.1) is 5.82 Å². The van der Waals surface area contributed by atoms with Crippen molar-refractivity contribution in [2.24, 2.45) is 5.16 Å². The fraction of sp³-hybridized carbons (Fsp3) is 0.208. The van der Waals surface area contributed by atoms with Gasteiger partial charge < -0.3 is 9.74 Å². The van der Waals surface area contributed by atoms with Crippen molar-refractivity contribution in [1.29, 1.82) is 0 Å². The summed E-state index contributed by atoms with van der Waals surface area (Å²) in [6.07, 6.45) is -2.90. The van der Waals surface area contributed by atoms with Crippen LogP contribution in [0.3, 0.4) is 0 Å². The highest BCUT2D eigenvalue weighted by atomic mass is 19.4. The van der Waals surface area contributed by atoms with Gasteiger partial charge in [0.05, 0.1) is 17.8 Å². The predicted octanol–water partition coefficient (Wildman–Crippen LogP) is 5.08. The Morgan fingerprint density at radius 3 is 2.52 bits per heavy atom. The summed E-state index contributed by atoms with van der Waals surface area (Å²) in [5.41, 5.74) is 1.14. The van der Waals surface area contributed by atoms with Crippen LogP contribution in [0.5, 0.6) is 0 Å². The lowest BCUT2D eigenvalue weighted by Crippen LogP contribution is -2.37. The van der Waals surface area contributed by atoms with Gasteiger partial charge in [-0.15, -0.1) is 0 Å². The molecule has 0 fully saturated rings. The zero-order valence-corrected chi connectivity index (χ0v) is 17.3. The summed E-state index contributed by atoms with van der Waals surface area (Å²) in [4.78, 5) is 24.3. The van der Waals surface area contributed by atoms with Gasteiger partial charge in [0.25, 0.3) is 5.91 Å². The Bertz CT molecular complexity index is 1150. The molecule has 5 nitrogen and oxygen atoms in total. The van der Waals surface area contributed by atoms with Crippen molar-refractivity contribution in [3.05, 3.63) is 101 Å². The maximum Gasteiger partial charge on any atom is 0.416 e. The van der Waals surface area contributed by atoms with Gasteiger partial charge in [0.1, 0.15) is 11.5 Å². The number of nitrogens with zero attached hydrogens (tertiary/aromatic N) is 3. The molecule has 1 amide bonds. The van der Waals surface area contributed by atoms with E-state index in [1.54, 1.807) is 18.3 Å². The molecular formula is C24H19F4N3O2. The van der Waals surface area contributed by atoms with Gasteiger partial charge in [-0.2, -0.15) is 13.2 Å². The number of hydrogen-bond acceptors (Lipinski definition) is 4. The van der Waals surface area contributed by atoms with Crippen molar-refractivity contribution >= 4 is 11.6 Å². The number of amides is 1. The molecular weight excluding hydrogens is 438 g/mol. The van der Waals surface area contributed by atoms with E-state index in [1.807, 2.05) is 6.07 Å². The molecule has 3 aromatic rings. The van der Waals surface area contributed by atoms with Crippen molar-refractivity contribution < 1.29 is 27.2 Å². The van der Waals surface area contributed by atoms with Gasteiger partial charge >= 0.3 is 6.18 Å². The molecule has 1 aliphatic heterocycles. The molecule has 2 heterocycles. The van der Waals surface area contributed by atoms with E-state index in [9.17, 15) is 22.4 Å². The smallest absolute Gasteiger partial charge is 0.390 e. The lowest BCUT2D eigenvalue weighted by Gasteiger charge is -2.25. The number of halogens is 4. The van der Waals surface area contributed by atoms with E-state index in [-0.39, 0.29) is 18.7 Å². The van der Waals surface area contributed by atoms with E-state index in [2.05, 4.69) is 10.1 Å². The molecule has 0 spiro atoms. The Hall–Kier alpha value is -3.75. The minimum absolute atomic E-state index is 0.0201. The average Bonchev–Trinajstić information content (AvgIpc) is 3.27. The van der Waals surface area contributed by atoms with Gasteiger partial charge in [0.2, 0.25) is 0 Å². The third-order valence-corrected chi connectivity index (χ3v) is 5.13. The molecule has 0 N–H and O–H groups in total. The second kappa shape index (κ2) is 9.40. The number of rotatable bonds is 6. The summed E-state index contributed by atoms with van der Waals surface area (Å²) < 4.78 is 52.3. The minimum Gasteiger partial charge on any atom is -0.390 e. The first-order valence-corrected chi connectivity index (χ1v) is 10.1. The number of oxime groups is 1. The van der Waals surface area contributed by atoms with Crippen molar-refractivity contribution in [3.8, 4) is 0 Å². The summed E-state index contributed by atoms with van der Waals surface area (Å²) in [6.45, 7) is 0.127. The Balaban J connectivity index is 1.52. The number of aromatic nitrogens is 1. The van der Waals surface area contributed by atoms with Crippen LogP contribution < -0.4 is 0 Å². The monoisotopic (exact) mass is 457 g/mol. The van der Waals surface area contributed by atoms with Gasteiger partial charge in [0, 0.05) is 24.7 Å². The second-order valence-corrected chi connectivity index (χ2v) is 7.58. The molecule has 0 aliphatic carbocycles. The van der Waals surface area contributed by atoms with Crippen LogP contribution in [0.25, 0.3) is 0 Å². The van der Waals surface area contributed by atoms with Gasteiger partial charge in [0.15, 0.2) is 6.10 Å². The molecule has 1 unspecified atom stereocenters. The third kappa shape index (κ3) is 5.54. The molecule has 1 aliphatic rings. The van der Waals surface area contributed by atoms with Crippen molar-refractivity contribution in [1.82, 2.24) is 9.88 Å². The normalized spacial score (nSPS) is 15.6. The highest BCUT2D eigenvalue weighted by molar-refractivity contribution is 5.99. The fourth-order valence-corrected chi connectivity index (χ4v) is 3.50. The molecule has 1 aromatic heterocycles. The second-order valence-electron chi connectivity index (χ2n) is 7.58. The quantitative estimate of drug-likeness (QED) is 0.486. The molecule has 4 rings (SSSR count). The van der Waals surface area contributed by atoms with Crippen LogP contribution in [0.1, 0.15) is 33.6 Å². The van der Waals surface area contributed by atoms with E-state index in [0.29, 0.717) is 23.4 Å². The molecule has 33 heavy (non-hydrogen) atoms. The maximum absolute atomic E-state index is 13.7. The van der Waals surface area contributed by atoms with E-state index >= 15 is 0 Å². The van der Waals surface area contributed by atoms with Gasteiger partial charge in [-0.3, -0.25) is 9.78 Å². The standard InChI is InChI=1S/C24H19F4N3O2/c25-19-5-3-4-17(12-19)23(32)31(14-16-7-9-18(10-8-16)24(26,27)28)15-20-13-22(30-33-20)21-6-1-2-11-29-21/h1-12,20H,13-15H2. The van der Waals surface area contributed by atoms with E-state index in [4.69, 9.17) is 4.84 Å². The van der Waals surface area contributed by atoms with Crippen LogP contribution in [0.15, 0.2) is 78.1 Å². The molecule has 0 bridgehead atoms. The summed E-state index contributed by atoms with van der Waals surface area (Å²) >= 11 is 0. The van der Waals surface area contributed by atoms with Crippen LogP contribution in [-0.4, -0.2) is 34.2 Å². The number of pyridine rings is 1. The first-order valence-electron chi connectivity index (χ1n) is 10.1. The number of benzene rings is 2. The number of carbonyl (C=O) groups excluding carboxylic acids is 1. The zero-order valence-electron chi connectivity index (χ0n) is 17.3. The Morgan fingerprint density at radius 2 is 1.85 bits per heavy atom. The summed E-state index contributed by atoms with van der Waals surface area (Å²) in [6, 6.07) is 15.2.